The second-order valence-corrected chi connectivity index (χ2v) is 11.6. The first-order valence-electron chi connectivity index (χ1n) is 14.9. The van der Waals surface area contributed by atoms with E-state index in [1.807, 2.05) is 0 Å². The van der Waals surface area contributed by atoms with E-state index in [-0.39, 0.29) is 0 Å². The van der Waals surface area contributed by atoms with Crippen molar-refractivity contribution in [3.63, 3.8) is 0 Å². The van der Waals surface area contributed by atoms with Gasteiger partial charge in [0, 0.05) is 16.8 Å². The minimum Gasteiger partial charge on any atom is -0.310 e. The fraction of sp³-hybridized carbons (Fsp3) is 0.0476. The molecule has 0 aliphatic heterocycles. The molecule has 0 aliphatic rings. The number of anilines is 3. The van der Waals surface area contributed by atoms with Gasteiger partial charge >= 0.3 is 0 Å². The Morgan fingerprint density at radius 2 is 0.837 bits per heavy atom. The van der Waals surface area contributed by atoms with Gasteiger partial charge in [-0.3, -0.25) is 0 Å². The highest BCUT2D eigenvalue weighted by molar-refractivity contribution is 6.34. The minimum atomic E-state index is 1.13. The molecule has 0 N–H and O–H groups in total. The quantitative estimate of drug-likeness (QED) is 0.117. The molecule has 1 heteroatoms. The minimum absolute atomic E-state index is 1.13. The second-order valence-electron chi connectivity index (χ2n) is 11.6. The Morgan fingerprint density at radius 3 is 1.44 bits per heavy atom. The van der Waals surface area contributed by atoms with Crippen LogP contribution in [0, 0.1) is 13.8 Å². The lowest BCUT2D eigenvalue weighted by molar-refractivity contribution is 1.29. The van der Waals surface area contributed by atoms with Gasteiger partial charge in [0.05, 0.1) is 5.69 Å². The number of rotatable bonds is 5. The van der Waals surface area contributed by atoms with Crippen LogP contribution < -0.4 is 4.90 Å². The molecule has 0 unspecified atom stereocenters. The Balaban J connectivity index is 1.31. The zero-order chi connectivity index (χ0) is 28.9. The highest BCUT2D eigenvalue weighted by atomic mass is 15.1. The summed E-state index contributed by atoms with van der Waals surface area (Å²) in [5.74, 6) is 0. The molecule has 0 aliphatic carbocycles. The van der Waals surface area contributed by atoms with E-state index in [0.717, 1.165) is 11.4 Å². The van der Waals surface area contributed by atoms with Gasteiger partial charge in [0.15, 0.2) is 0 Å². The third-order valence-electron chi connectivity index (χ3n) is 8.73. The summed E-state index contributed by atoms with van der Waals surface area (Å²) in [6.45, 7) is 4.26. The maximum atomic E-state index is 2.40. The van der Waals surface area contributed by atoms with Gasteiger partial charge in [0.25, 0.3) is 0 Å². The Kier molecular flexibility index (Phi) is 5.98. The first-order valence-corrected chi connectivity index (χ1v) is 14.9. The Hall–Kier alpha value is -5.40. The predicted molar refractivity (Wildman–Crippen MR) is 187 cm³/mol. The van der Waals surface area contributed by atoms with Crippen LogP contribution in [0.4, 0.5) is 17.1 Å². The fourth-order valence-electron chi connectivity index (χ4n) is 6.55. The molecule has 43 heavy (non-hydrogen) atoms. The Labute approximate surface area is 252 Å². The lowest BCUT2D eigenvalue weighted by Crippen LogP contribution is -2.10. The summed E-state index contributed by atoms with van der Waals surface area (Å²) in [5.41, 5.74) is 8.37. The van der Waals surface area contributed by atoms with Crippen LogP contribution in [0.3, 0.4) is 0 Å². The zero-order valence-electron chi connectivity index (χ0n) is 24.4. The Bertz CT molecular complexity index is 2220. The highest BCUT2D eigenvalue weighted by Crippen LogP contribution is 2.45. The van der Waals surface area contributed by atoms with Crippen molar-refractivity contribution in [1.29, 1.82) is 0 Å². The third-order valence-corrected chi connectivity index (χ3v) is 8.73. The average molecular weight is 550 g/mol. The van der Waals surface area contributed by atoms with Gasteiger partial charge in [-0.2, -0.15) is 0 Å². The molecule has 0 heterocycles. The highest BCUT2D eigenvalue weighted by Gasteiger charge is 2.19. The van der Waals surface area contributed by atoms with E-state index in [1.165, 1.54) is 71.0 Å². The maximum absolute atomic E-state index is 2.40. The van der Waals surface area contributed by atoms with E-state index in [1.54, 1.807) is 0 Å². The van der Waals surface area contributed by atoms with Crippen LogP contribution in [0.15, 0.2) is 140 Å². The van der Waals surface area contributed by atoms with Crippen LogP contribution in [0.5, 0.6) is 0 Å². The van der Waals surface area contributed by atoms with Crippen LogP contribution >= 0.6 is 0 Å². The fourth-order valence-corrected chi connectivity index (χ4v) is 6.55. The van der Waals surface area contributed by atoms with E-state index in [0.29, 0.717) is 0 Å². The first-order chi connectivity index (χ1) is 21.1. The van der Waals surface area contributed by atoms with Crippen LogP contribution in [0.1, 0.15) is 22.3 Å². The molecule has 0 radical (unpaired) electrons. The standard InChI is InChI=1S/C42H31N/c1-28-12-16-30(17-13-28)18-19-31-20-24-34(25-21-31)43(33-22-14-29(2)15-23-33)40-27-26-38-36-9-4-7-32-6-3-8-35(41(32)36)37-10-5-11-39(40)42(37)38/h3-27H,1-2H3. The van der Waals surface area contributed by atoms with Crippen molar-refractivity contribution in [3.05, 3.63) is 162 Å². The molecule has 0 atom stereocenters. The summed E-state index contributed by atoms with van der Waals surface area (Å²) in [4.78, 5) is 2.40. The summed E-state index contributed by atoms with van der Waals surface area (Å²) in [6.07, 6.45) is 4.36. The van der Waals surface area contributed by atoms with E-state index >= 15 is 0 Å². The van der Waals surface area contributed by atoms with Crippen LogP contribution in [-0.2, 0) is 0 Å². The summed E-state index contributed by atoms with van der Waals surface area (Å²) in [7, 11) is 0. The van der Waals surface area contributed by atoms with Crippen LogP contribution in [0.25, 0.3) is 55.2 Å². The predicted octanol–water partition coefficient (Wildman–Crippen LogP) is 12.0. The molecule has 0 saturated carbocycles. The third kappa shape index (κ3) is 4.33. The molecule has 204 valence electrons. The number of hydrogen-bond donors (Lipinski definition) is 0. The molecule has 0 bridgehead atoms. The lowest BCUT2D eigenvalue weighted by atomic mass is 9.89. The van der Waals surface area contributed by atoms with Gasteiger partial charge < -0.3 is 4.90 Å². The first kappa shape index (κ1) is 25.3. The number of fused-ring (bicyclic) bond motifs is 2. The molecule has 0 aromatic heterocycles. The molecule has 8 aromatic rings. The maximum Gasteiger partial charge on any atom is 0.0540 e. The zero-order valence-corrected chi connectivity index (χ0v) is 24.4. The molecule has 8 rings (SSSR count). The molecule has 0 fully saturated rings. The van der Waals surface area contributed by atoms with E-state index < -0.39 is 0 Å². The molecular weight excluding hydrogens is 518 g/mol. The number of aryl methyl sites for hydroxylation is 2. The Morgan fingerprint density at radius 1 is 0.395 bits per heavy atom. The molecule has 0 spiro atoms. The molecule has 0 saturated heterocycles. The number of hydrogen-bond acceptors (Lipinski definition) is 1. The topological polar surface area (TPSA) is 3.24 Å². The van der Waals surface area contributed by atoms with Crippen LogP contribution in [0.2, 0.25) is 0 Å². The summed E-state index contributed by atoms with van der Waals surface area (Å²) < 4.78 is 0. The van der Waals surface area contributed by atoms with Gasteiger partial charge in [0.1, 0.15) is 0 Å². The largest absolute Gasteiger partial charge is 0.310 e. The van der Waals surface area contributed by atoms with E-state index in [2.05, 4.69) is 170 Å². The van der Waals surface area contributed by atoms with Gasteiger partial charge in [0.2, 0.25) is 0 Å². The lowest BCUT2D eigenvalue weighted by Gasteiger charge is -2.28. The van der Waals surface area contributed by atoms with Crippen molar-refractivity contribution >= 4 is 72.3 Å². The van der Waals surface area contributed by atoms with Crippen LogP contribution in [-0.4, -0.2) is 0 Å². The average Bonchev–Trinajstić information content (AvgIpc) is 3.05. The van der Waals surface area contributed by atoms with Crippen molar-refractivity contribution in [2.75, 3.05) is 4.90 Å². The van der Waals surface area contributed by atoms with E-state index in [4.69, 9.17) is 0 Å². The van der Waals surface area contributed by atoms with Gasteiger partial charge in [-0.15, -0.1) is 0 Å². The molecule has 8 aromatic carbocycles. The normalized spacial score (nSPS) is 11.9. The second kappa shape index (κ2) is 10.2. The summed E-state index contributed by atoms with van der Waals surface area (Å²) in [6, 6.07) is 51.2. The van der Waals surface area contributed by atoms with Gasteiger partial charge in [-0.1, -0.05) is 132 Å². The van der Waals surface area contributed by atoms with Crippen molar-refractivity contribution in [2.24, 2.45) is 0 Å². The monoisotopic (exact) mass is 549 g/mol. The van der Waals surface area contributed by atoms with Gasteiger partial charge in [-0.25, -0.2) is 0 Å². The molecular formula is C42H31N. The molecule has 1 nitrogen and oxygen atoms in total. The summed E-state index contributed by atoms with van der Waals surface area (Å²) in [5, 5.41) is 10.5. The summed E-state index contributed by atoms with van der Waals surface area (Å²) >= 11 is 0. The van der Waals surface area contributed by atoms with Crippen molar-refractivity contribution < 1.29 is 0 Å². The van der Waals surface area contributed by atoms with Crippen molar-refractivity contribution in [2.45, 2.75) is 13.8 Å². The van der Waals surface area contributed by atoms with E-state index in [9.17, 15) is 0 Å². The number of nitrogens with zero attached hydrogens (tertiary/aromatic N) is 1. The molecule has 0 amide bonds. The van der Waals surface area contributed by atoms with Gasteiger partial charge in [-0.05, 0) is 93.0 Å². The number of benzene rings is 8. The van der Waals surface area contributed by atoms with Crippen molar-refractivity contribution in [1.82, 2.24) is 0 Å². The van der Waals surface area contributed by atoms with Crippen molar-refractivity contribution in [3.8, 4) is 0 Å². The SMILES string of the molecule is Cc1ccc(C=Cc2ccc(N(c3ccc(C)cc3)c3ccc4c5cccc6cccc(c7cccc3c74)c65)cc2)cc1. The smallest absolute Gasteiger partial charge is 0.0540 e.